The predicted molar refractivity (Wildman–Crippen MR) is 61.3 cm³/mol. The third-order valence-electron chi connectivity index (χ3n) is 1.90. The van der Waals surface area contributed by atoms with Crippen LogP contribution in [0.3, 0.4) is 0 Å². The smallest absolute Gasteiger partial charge is 0.253 e. The number of hydrogen-bond acceptors (Lipinski definition) is 2. The van der Waals surface area contributed by atoms with Crippen LogP contribution in [0, 0.1) is 17.1 Å². The third kappa shape index (κ3) is 2.80. The lowest BCUT2D eigenvalue weighted by molar-refractivity contribution is 0.0928. The van der Waals surface area contributed by atoms with Crippen molar-refractivity contribution in [2.45, 2.75) is 19.4 Å². The summed E-state index contributed by atoms with van der Waals surface area (Å²) < 4.78 is 13.3. The SMILES string of the molecule is CC(C)(C#N)NC(=O)c1cccc(F)c1Br. The summed E-state index contributed by atoms with van der Waals surface area (Å²) in [5.74, 6) is -1.000. The first kappa shape index (κ1) is 12.7. The van der Waals surface area contributed by atoms with Gasteiger partial charge in [-0.25, -0.2) is 4.39 Å². The first-order valence-electron chi connectivity index (χ1n) is 4.55. The summed E-state index contributed by atoms with van der Waals surface area (Å²) in [6.45, 7) is 3.14. The van der Waals surface area contributed by atoms with E-state index in [-0.39, 0.29) is 10.0 Å². The van der Waals surface area contributed by atoms with Crippen LogP contribution in [-0.2, 0) is 0 Å². The van der Waals surface area contributed by atoms with Crippen LogP contribution in [0.25, 0.3) is 0 Å². The van der Waals surface area contributed by atoms with E-state index < -0.39 is 17.3 Å². The highest BCUT2D eigenvalue weighted by molar-refractivity contribution is 9.10. The van der Waals surface area contributed by atoms with Gasteiger partial charge in [-0.05, 0) is 41.9 Å². The predicted octanol–water partition coefficient (Wildman–Crippen LogP) is 2.62. The van der Waals surface area contributed by atoms with Crippen molar-refractivity contribution < 1.29 is 9.18 Å². The number of benzene rings is 1. The van der Waals surface area contributed by atoms with Gasteiger partial charge in [0.05, 0.1) is 16.1 Å². The number of nitrogens with one attached hydrogen (secondary N) is 1. The Morgan fingerprint density at radius 3 is 2.75 bits per heavy atom. The molecule has 1 rings (SSSR count). The second kappa shape index (κ2) is 4.62. The molecule has 5 heteroatoms. The van der Waals surface area contributed by atoms with Crippen LogP contribution >= 0.6 is 15.9 Å². The van der Waals surface area contributed by atoms with E-state index in [2.05, 4.69) is 21.2 Å². The van der Waals surface area contributed by atoms with E-state index in [4.69, 9.17) is 5.26 Å². The van der Waals surface area contributed by atoms with Crippen molar-refractivity contribution in [2.75, 3.05) is 0 Å². The first-order valence-corrected chi connectivity index (χ1v) is 5.34. The Hall–Kier alpha value is -1.41. The minimum absolute atomic E-state index is 0.0984. The summed E-state index contributed by atoms with van der Waals surface area (Å²) in [4.78, 5) is 11.7. The molecular weight excluding hydrogens is 275 g/mol. The fourth-order valence-electron chi connectivity index (χ4n) is 1.06. The quantitative estimate of drug-likeness (QED) is 0.908. The molecule has 0 fully saturated rings. The lowest BCUT2D eigenvalue weighted by Gasteiger charge is -2.17. The van der Waals surface area contributed by atoms with E-state index in [1.807, 2.05) is 6.07 Å². The van der Waals surface area contributed by atoms with Gasteiger partial charge in [0.2, 0.25) is 0 Å². The Morgan fingerprint density at radius 2 is 2.19 bits per heavy atom. The number of halogens is 2. The molecule has 0 saturated heterocycles. The van der Waals surface area contributed by atoms with Crippen LogP contribution in [0.1, 0.15) is 24.2 Å². The minimum atomic E-state index is -0.983. The highest BCUT2D eigenvalue weighted by Gasteiger charge is 2.22. The zero-order valence-corrected chi connectivity index (χ0v) is 10.4. The number of rotatable bonds is 2. The Kier molecular flexibility index (Phi) is 3.66. The van der Waals surface area contributed by atoms with E-state index in [0.717, 1.165) is 0 Å². The summed E-state index contributed by atoms with van der Waals surface area (Å²) in [5, 5.41) is 11.3. The second-order valence-electron chi connectivity index (χ2n) is 3.79. The first-order chi connectivity index (χ1) is 7.37. The van der Waals surface area contributed by atoms with Gasteiger partial charge in [-0.1, -0.05) is 6.07 Å². The molecule has 0 spiro atoms. The molecule has 0 aliphatic carbocycles. The molecule has 0 unspecified atom stereocenters. The van der Waals surface area contributed by atoms with Gasteiger partial charge in [-0.15, -0.1) is 0 Å². The Bertz CT molecular complexity index is 466. The van der Waals surface area contributed by atoms with E-state index in [9.17, 15) is 9.18 Å². The molecule has 16 heavy (non-hydrogen) atoms. The standard InChI is InChI=1S/C11H10BrFN2O/c1-11(2,6-14)15-10(16)7-4-3-5-8(13)9(7)12/h3-5H,1-2H3,(H,15,16). The van der Waals surface area contributed by atoms with E-state index in [1.165, 1.54) is 18.2 Å². The van der Waals surface area contributed by atoms with E-state index >= 15 is 0 Å². The van der Waals surface area contributed by atoms with Crippen molar-refractivity contribution >= 4 is 21.8 Å². The van der Waals surface area contributed by atoms with E-state index in [1.54, 1.807) is 13.8 Å². The molecule has 1 N–H and O–H groups in total. The zero-order chi connectivity index (χ0) is 12.3. The van der Waals surface area contributed by atoms with Gasteiger partial charge in [-0.2, -0.15) is 5.26 Å². The van der Waals surface area contributed by atoms with Crippen molar-refractivity contribution in [2.24, 2.45) is 0 Å². The number of amides is 1. The number of nitrogens with zero attached hydrogens (tertiary/aromatic N) is 1. The monoisotopic (exact) mass is 284 g/mol. The second-order valence-corrected chi connectivity index (χ2v) is 4.59. The lowest BCUT2D eigenvalue weighted by Crippen LogP contribution is -2.42. The third-order valence-corrected chi connectivity index (χ3v) is 2.71. The van der Waals surface area contributed by atoms with Crippen LogP contribution in [0.2, 0.25) is 0 Å². The molecule has 84 valence electrons. The van der Waals surface area contributed by atoms with Crippen molar-refractivity contribution in [3.63, 3.8) is 0 Å². The molecule has 0 heterocycles. The fourth-order valence-corrected chi connectivity index (χ4v) is 1.50. The zero-order valence-electron chi connectivity index (χ0n) is 8.84. The molecule has 0 saturated carbocycles. The van der Waals surface area contributed by atoms with E-state index in [0.29, 0.717) is 0 Å². The van der Waals surface area contributed by atoms with Gasteiger partial charge >= 0.3 is 0 Å². The normalized spacial score (nSPS) is 10.7. The maximum atomic E-state index is 13.2. The summed E-state index contributed by atoms with van der Waals surface area (Å²) in [7, 11) is 0. The molecule has 1 aromatic carbocycles. The summed E-state index contributed by atoms with van der Waals surface area (Å²) in [6.07, 6.45) is 0. The van der Waals surface area contributed by atoms with Crippen molar-refractivity contribution in [3.8, 4) is 6.07 Å². The van der Waals surface area contributed by atoms with Crippen LogP contribution < -0.4 is 5.32 Å². The van der Waals surface area contributed by atoms with Crippen molar-refractivity contribution in [1.82, 2.24) is 5.32 Å². The fraction of sp³-hybridized carbons (Fsp3) is 0.273. The summed E-state index contributed by atoms with van der Waals surface area (Å²) >= 11 is 2.99. The van der Waals surface area contributed by atoms with Gasteiger partial charge in [0.15, 0.2) is 0 Å². The molecule has 0 atom stereocenters. The molecule has 0 bridgehead atoms. The van der Waals surface area contributed by atoms with Gasteiger partial charge in [0.25, 0.3) is 5.91 Å². The average molecular weight is 285 g/mol. The van der Waals surface area contributed by atoms with Crippen LogP contribution in [0.4, 0.5) is 4.39 Å². The Labute approximate surface area is 101 Å². The maximum absolute atomic E-state index is 13.2. The molecule has 1 amide bonds. The molecule has 0 radical (unpaired) electrons. The molecule has 3 nitrogen and oxygen atoms in total. The number of carbonyl (C=O) groups is 1. The molecule has 1 aromatic rings. The number of hydrogen-bond donors (Lipinski definition) is 1. The minimum Gasteiger partial charge on any atom is -0.334 e. The molecular formula is C11H10BrFN2O. The lowest BCUT2D eigenvalue weighted by atomic mass is 10.1. The maximum Gasteiger partial charge on any atom is 0.253 e. The molecule has 0 aromatic heterocycles. The van der Waals surface area contributed by atoms with Gasteiger partial charge in [0.1, 0.15) is 11.4 Å². The molecule has 0 aliphatic rings. The van der Waals surface area contributed by atoms with Crippen molar-refractivity contribution in [1.29, 1.82) is 5.26 Å². The van der Waals surface area contributed by atoms with Gasteiger partial charge in [-0.3, -0.25) is 4.79 Å². The topological polar surface area (TPSA) is 52.9 Å². The van der Waals surface area contributed by atoms with Crippen LogP contribution in [0.5, 0.6) is 0 Å². The summed E-state index contributed by atoms with van der Waals surface area (Å²) in [6, 6.07) is 6.10. The Morgan fingerprint density at radius 1 is 1.56 bits per heavy atom. The number of carbonyl (C=O) groups excluding carboxylic acids is 1. The van der Waals surface area contributed by atoms with Crippen LogP contribution in [-0.4, -0.2) is 11.4 Å². The summed E-state index contributed by atoms with van der Waals surface area (Å²) in [5.41, 5.74) is -0.814. The number of nitriles is 1. The largest absolute Gasteiger partial charge is 0.334 e. The van der Waals surface area contributed by atoms with Gasteiger partial charge in [0, 0.05) is 0 Å². The highest BCUT2D eigenvalue weighted by Crippen LogP contribution is 2.20. The van der Waals surface area contributed by atoms with Gasteiger partial charge < -0.3 is 5.32 Å². The molecule has 0 aliphatic heterocycles. The Balaban J connectivity index is 2.99. The highest BCUT2D eigenvalue weighted by atomic mass is 79.9. The van der Waals surface area contributed by atoms with Crippen LogP contribution in [0.15, 0.2) is 22.7 Å². The average Bonchev–Trinajstić information content (AvgIpc) is 2.21. The van der Waals surface area contributed by atoms with Crippen molar-refractivity contribution in [3.05, 3.63) is 34.1 Å².